The van der Waals surface area contributed by atoms with E-state index < -0.39 is 26.6 Å². The highest BCUT2D eigenvalue weighted by Crippen LogP contribution is 2.39. The number of carbonyl (C=O) groups is 1. The van der Waals surface area contributed by atoms with Crippen molar-refractivity contribution in [3.05, 3.63) is 29.8 Å². The number of benzene rings is 1. The van der Waals surface area contributed by atoms with Crippen LogP contribution in [0.3, 0.4) is 0 Å². The van der Waals surface area contributed by atoms with E-state index in [1.165, 1.54) is 0 Å². The highest BCUT2D eigenvalue weighted by atomic mass is 32.2. The number of hydrogen-bond acceptors (Lipinski definition) is 3. The first-order chi connectivity index (χ1) is 10.8. The maximum Gasteiger partial charge on any atom is 0.246 e. The number of carbonyl (C=O) groups excluding carboxylic acids is 1. The van der Waals surface area contributed by atoms with Gasteiger partial charge in [0.25, 0.3) is 0 Å². The number of piperazine rings is 1. The van der Waals surface area contributed by atoms with Crippen molar-refractivity contribution in [2.45, 2.75) is 18.2 Å². The zero-order valence-corrected chi connectivity index (χ0v) is 13.5. The molecule has 2 fully saturated rings. The van der Waals surface area contributed by atoms with Crippen LogP contribution in [0.4, 0.5) is 8.78 Å². The SMILES string of the molecule is C[C@@H]1C[C@H]1C(=O)N1CCN(S(=O)(=O)c2ccc(F)cc2F)CC1. The van der Waals surface area contributed by atoms with E-state index in [1.54, 1.807) is 4.90 Å². The molecule has 23 heavy (non-hydrogen) atoms. The van der Waals surface area contributed by atoms with Crippen molar-refractivity contribution in [1.29, 1.82) is 0 Å². The second-order valence-corrected chi connectivity index (χ2v) is 8.03. The van der Waals surface area contributed by atoms with Gasteiger partial charge in [0.15, 0.2) is 0 Å². The van der Waals surface area contributed by atoms with Crippen molar-refractivity contribution < 1.29 is 22.0 Å². The molecule has 1 saturated heterocycles. The van der Waals surface area contributed by atoms with Gasteiger partial charge in [-0.05, 0) is 24.5 Å². The van der Waals surface area contributed by atoms with Crippen LogP contribution in [0, 0.1) is 23.5 Å². The van der Waals surface area contributed by atoms with Gasteiger partial charge in [-0.3, -0.25) is 4.79 Å². The molecular formula is C15H18F2N2O3S. The van der Waals surface area contributed by atoms with E-state index in [-0.39, 0.29) is 24.9 Å². The molecule has 0 spiro atoms. The van der Waals surface area contributed by atoms with Crippen LogP contribution in [0.25, 0.3) is 0 Å². The first-order valence-corrected chi connectivity index (χ1v) is 8.98. The first kappa shape index (κ1) is 16.3. The molecule has 3 rings (SSSR count). The lowest BCUT2D eigenvalue weighted by atomic mass is 10.2. The van der Waals surface area contributed by atoms with Gasteiger partial charge in [0.1, 0.15) is 16.5 Å². The van der Waals surface area contributed by atoms with Crippen molar-refractivity contribution in [3.8, 4) is 0 Å². The summed E-state index contributed by atoms with van der Waals surface area (Å²) < 4.78 is 52.7. The minimum atomic E-state index is -4.02. The van der Waals surface area contributed by atoms with Crippen molar-refractivity contribution >= 4 is 15.9 Å². The van der Waals surface area contributed by atoms with Crippen LogP contribution in [0.2, 0.25) is 0 Å². The lowest BCUT2D eigenvalue weighted by Gasteiger charge is -2.34. The molecule has 1 aliphatic carbocycles. The summed E-state index contributed by atoms with van der Waals surface area (Å²) in [4.78, 5) is 13.3. The van der Waals surface area contributed by atoms with Gasteiger partial charge in [0.05, 0.1) is 0 Å². The molecule has 1 amide bonds. The van der Waals surface area contributed by atoms with E-state index >= 15 is 0 Å². The molecule has 8 heteroatoms. The summed E-state index contributed by atoms with van der Waals surface area (Å²) in [5, 5.41) is 0. The predicted octanol–water partition coefficient (Wildman–Crippen LogP) is 1.45. The Morgan fingerprint density at radius 2 is 1.78 bits per heavy atom. The largest absolute Gasteiger partial charge is 0.340 e. The lowest BCUT2D eigenvalue weighted by Crippen LogP contribution is -2.51. The van der Waals surface area contributed by atoms with Crippen LogP contribution >= 0.6 is 0 Å². The maximum atomic E-state index is 13.8. The molecule has 5 nitrogen and oxygen atoms in total. The summed E-state index contributed by atoms with van der Waals surface area (Å²) in [6, 6.07) is 2.41. The van der Waals surface area contributed by atoms with E-state index in [2.05, 4.69) is 0 Å². The second-order valence-electron chi connectivity index (χ2n) is 6.12. The Morgan fingerprint density at radius 3 is 2.30 bits per heavy atom. The molecular weight excluding hydrogens is 326 g/mol. The monoisotopic (exact) mass is 344 g/mol. The third kappa shape index (κ3) is 3.10. The fourth-order valence-electron chi connectivity index (χ4n) is 2.87. The Balaban J connectivity index is 1.70. The van der Waals surface area contributed by atoms with Crippen LogP contribution in [0.15, 0.2) is 23.1 Å². The summed E-state index contributed by atoms with van der Waals surface area (Å²) >= 11 is 0. The Bertz CT molecular complexity index is 730. The Hall–Kier alpha value is -1.54. The topological polar surface area (TPSA) is 57.7 Å². The van der Waals surface area contributed by atoms with Gasteiger partial charge in [-0.1, -0.05) is 6.92 Å². The Morgan fingerprint density at radius 1 is 1.17 bits per heavy atom. The smallest absolute Gasteiger partial charge is 0.246 e. The first-order valence-electron chi connectivity index (χ1n) is 7.54. The number of nitrogens with zero attached hydrogens (tertiary/aromatic N) is 2. The van der Waals surface area contributed by atoms with Crippen LogP contribution in [-0.2, 0) is 14.8 Å². The van der Waals surface area contributed by atoms with Crippen LogP contribution in [-0.4, -0.2) is 49.7 Å². The molecule has 0 aromatic heterocycles. The fraction of sp³-hybridized carbons (Fsp3) is 0.533. The summed E-state index contributed by atoms with van der Waals surface area (Å²) in [5.74, 6) is -1.39. The van der Waals surface area contributed by atoms with Gasteiger partial charge in [-0.2, -0.15) is 4.31 Å². The zero-order chi connectivity index (χ0) is 16.8. The fourth-order valence-corrected chi connectivity index (χ4v) is 4.34. The van der Waals surface area contributed by atoms with Crippen molar-refractivity contribution in [2.24, 2.45) is 11.8 Å². The molecule has 1 heterocycles. The molecule has 0 bridgehead atoms. The molecule has 1 aliphatic heterocycles. The highest BCUT2D eigenvalue weighted by Gasteiger charge is 2.42. The molecule has 0 N–H and O–H groups in total. The van der Waals surface area contributed by atoms with Gasteiger partial charge in [-0.25, -0.2) is 17.2 Å². The Kier molecular flexibility index (Phi) is 4.14. The quantitative estimate of drug-likeness (QED) is 0.834. The van der Waals surface area contributed by atoms with Crippen LogP contribution < -0.4 is 0 Å². The van der Waals surface area contributed by atoms with Crippen molar-refractivity contribution in [1.82, 2.24) is 9.21 Å². The molecule has 0 radical (unpaired) electrons. The molecule has 2 aliphatic rings. The lowest BCUT2D eigenvalue weighted by molar-refractivity contribution is -0.134. The van der Waals surface area contributed by atoms with Gasteiger partial charge < -0.3 is 4.90 Å². The van der Waals surface area contributed by atoms with Gasteiger partial charge in [-0.15, -0.1) is 0 Å². The number of halogens is 2. The van der Waals surface area contributed by atoms with E-state index in [4.69, 9.17) is 0 Å². The summed E-state index contributed by atoms with van der Waals surface area (Å²) in [5.41, 5.74) is 0. The summed E-state index contributed by atoms with van der Waals surface area (Å²) in [7, 11) is -4.02. The van der Waals surface area contributed by atoms with Crippen molar-refractivity contribution in [3.63, 3.8) is 0 Å². The summed E-state index contributed by atoms with van der Waals surface area (Å²) in [6.07, 6.45) is 0.887. The average Bonchev–Trinajstić information content (AvgIpc) is 3.23. The van der Waals surface area contributed by atoms with Gasteiger partial charge in [0.2, 0.25) is 15.9 Å². The van der Waals surface area contributed by atoms with E-state index in [1.807, 2.05) is 6.92 Å². The molecule has 126 valence electrons. The van der Waals surface area contributed by atoms with Gasteiger partial charge >= 0.3 is 0 Å². The normalized spacial score (nSPS) is 25.4. The van der Waals surface area contributed by atoms with Crippen LogP contribution in [0.5, 0.6) is 0 Å². The minimum absolute atomic E-state index is 0.0627. The number of sulfonamides is 1. The second kappa shape index (κ2) is 5.83. The number of rotatable bonds is 3. The molecule has 1 aromatic rings. The standard InChI is InChI=1S/C15H18F2N2O3S/c1-10-8-12(10)15(20)18-4-6-19(7-5-18)23(21,22)14-3-2-11(16)9-13(14)17/h2-3,9-10,12H,4-8H2,1H3/t10-,12-/m1/s1. The van der Waals surface area contributed by atoms with E-state index in [0.717, 1.165) is 22.9 Å². The highest BCUT2D eigenvalue weighted by molar-refractivity contribution is 7.89. The number of amides is 1. The van der Waals surface area contributed by atoms with E-state index in [9.17, 15) is 22.0 Å². The zero-order valence-electron chi connectivity index (χ0n) is 12.7. The minimum Gasteiger partial charge on any atom is -0.340 e. The van der Waals surface area contributed by atoms with E-state index in [0.29, 0.717) is 25.1 Å². The molecule has 1 aromatic carbocycles. The van der Waals surface area contributed by atoms with Crippen LogP contribution in [0.1, 0.15) is 13.3 Å². The molecule has 0 unspecified atom stereocenters. The third-order valence-electron chi connectivity index (χ3n) is 4.49. The molecule has 1 saturated carbocycles. The maximum absolute atomic E-state index is 13.8. The van der Waals surface area contributed by atoms with Gasteiger partial charge in [0, 0.05) is 38.2 Å². The molecule has 2 atom stereocenters. The average molecular weight is 344 g/mol. The third-order valence-corrected chi connectivity index (χ3v) is 6.42. The Labute approximate surface area is 133 Å². The van der Waals surface area contributed by atoms with Crippen molar-refractivity contribution in [2.75, 3.05) is 26.2 Å². The summed E-state index contributed by atoms with van der Waals surface area (Å²) in [6.45, 7) is 2.84. The predicted molar refractivity (Wildman–Crippen MR) is 79.0 cm³/mol. The number of hydrogen-bond donors (Lipinski definition) is 0.